The van der Waals surface area contributed by atoms with Crippen molar-refractivity contribution in [3.8, 4) is 0 Å². The summed E-state index contributed by atoms with van der Waals surface area (Å²) < 4.78 is 15.0. The summed E-state index contributed by atoms with van der Waals surface area (Å²) in [5, 5.41) is 0.358. The van der Waals surface area contributed by atoms with Gasteiger partial charge in [0.25, 0.3) is 0 Å². The van der Waals surface area contributed by atoms with Crippen LogP contribution in [0.25, 0.3) is 5.57 Å². The Morgan fingerprint density at radius 2 is 1.96 bits per heavy atom. The van der Waals surface area contributed by atoms with Gasteiger partial charge in [-0.1, -0.05) is 55.7 Å². The van der Waals surface area contributed by atoms with Gasteiger partial charge in [0.05, 0.1) is 5.02 Å². The molecule has 0 N–H and O–H groups in total. The first-order valence-electron chi connectivity index (χ1n) is 9.93. The molecule has 2 aliphatic carbocycles. The highest BCUT2D eigenvalue weighted by Crippen LogP contribution is 2.42. The lowest BCUT2D eigenvalue weighted by Crippen LogP contribution is -2.13. The molecule has 0 radical (unpaired) electrons. The predicted molar refractivity (Wildman–Crippen MR) is 107 cm³/mol. The Morgan fingerprint density at radius 1 is 1.20 bits per heavy atom. The minimum Gasteiger partial charge on any atom is -0.205 e. The van der Waals surface area contributed by atoms with Crippen LogP contribution < -0.4 is 0 Å². The molecule has 2 heteroatoms. The summed E-state index contributed by atoms with van der Waals surface area (Å²) in [6, 6.07) is 4.06. The molecule has 1 saturated carbocycles. The molecule has 1 aromatic rings. The fraction of sp³-hybridized carbons (Fsp3) is 0.565. The maximum absolute atomic E-state index is 15.0. The average molecular weight is 361 g/mol. The zero-order chi connectivity index (χ0) is 17.8. The second kappa shape index (κ2) is 8.54. The highest BCUT2D eigenvalue weighted by molar-refractivity contribution is 6.31. The maximum atomic E-state index is 15.0. The van der Waals surface area contributed by atoms with Crippen molar-refractivity contribution in [1.82, 2.24) is 0 Å². The lowest BCUT2D eigenvalue weighted by molar-refractivity contribution is 0.375. The number of benzene rings is 1. The number of halogens is 2. The van der Waals surface area contributed by atoms with Crippen LogP contribution in [0.3, 0.4) is 0 Å². The minimum atomic E-state index is -0.204. The monoisotopic (exact) mass is 360 g/mol. The van der Waals surface area contributed by atoms with Crippen molar-refractivity contribution in [2.24, 2.45) is 11.8 Å². The maximum Gasteiger partial charge on any atom is 0.149 e. The van der Waals surface area contributed by atoms with Gasteiger partial charge in [0.15, 0.2) is 0 Å². The van der Waals surface area contributed by atoms with Gasteiger partial charge in [-0.3, -0.25) is 0 Å². The zero-order valence-electron chi connectivity index (χ0n) is 15.4. The second-order valence-corrected chi connectivity index (χ2v) is 8.21. The number of rotatable bonds is 5. The Labute approximate surface area is 157 Å². The largest absolute Gasteiger partial charge is 0.205 e. The molecule has 0 spiro atoms. The molecular formula is C23H30ClF. The Bertz CT molecular complexity index is 638. The molecule has 136 valence electrons. The SMILES string of the molecule is C=CC1CCC(c2ccc(C3=CCC(CCC)CC3)c(F)c2Cl)CC1. The number of hydrogen-bond acceptors (Lipinski definition) is 0. The molecule has 0 aromatic heterocycles. The number of allylic oxidation sites excluding steroid dienone is 3. The third kappa shape index (κ3) is 4.19. The Hall–Kier alpha value is -1.08. The molecule has 0 aliphatic heterocycles. The van der Waals surface area contributed by atoms with Crippen molar-refractivity contribution >= 4 is 17.2 Å². The lowest BCUT2D eigenvalue weighted by Gasteiger charge is -2.28. The molecule has 1 unspecified atom stereocenters. The van der Waals surface area contributed by atoms with Crippen LogP contribution in [0.1, 0.15) is 81.8 Å². The van der Waals surface area contributed by atoms with Crippen LogP contribution in [0.5, 0.6) is 0 Å². The van der Waals surface area contributed by atoms with E-state index < -0.39 is 0 Å². The summed E-state index contributed by atoms with van der Waals surface area (Å²) >= 11 is 6.48. The second-order valence-electron chi connectivity index (χ2n) is 7.84. The van der Waals surface area contributed by atoms with Gasteiger partial charge in [0.1, 0.15) is 5.82 Å². The molecule has 0 nitrogen and oxygen atoms in total. The molecule has 0 heterocycles. The average Bonchev–Trinajstić information content (AvgIpc) is 2.65. The molecule has 3 rings (SSSR count). The van der Waals surface area contributed by atoms with E-state index in [1.807, 2.05) is 6.07 Å². The van der Waals surface area contributed by atoms with E-state index in [1.165, 1.54) is 19.3 Å². The van der Waals surface area contributed by atoms with Crippen molar-refractivity contribution in [2.75, 3.05) is 0 Å². The standard InChI is InChI=1S/C23H30ClF/c1-3-5-17-8-12-19(13-9-17)21-15-14-20(22(24)23(21)25)18-10-6-16(4-2)7-11-18/h4,12,14-18H,2-3,5-11,13H2,1H3. The molecule has 0 saturated heterocycles. The Morgan fingerprint density at radius 3 is 2.56 bits per heavy atom. The van der Waals surface area contributed by atoms with Crippen LogP contribution in [0, 0.1) is 17.7 Å². The van der Waals surface area contributed by atoms with E-state index in [2.05, 4.69) is 31.7 Å². The molecule has 1 aromatic carbocycles. The molecule has 25 heavy (non-hydrogen) atoms. The third-order valence-corrected chi connectivity index (χ3v) is 6.60. The summed E-state index contributed by atoms with van der Waals surface area (Å²) in [5.41, 5.74) is 2.88. The van der Waals surface area contributed by atoms with Crippen molar-refractivity contribution in [3.63, 3.8) is 0 Å². The van der Waals surface area contributed by atoms with Gasteiger partial charge in [-0.05, 0) is 73.8 Å². The van der Waals surface area contributed by atoms with Gasteiger partial charge in [0.2, 0.25) is 0 Å². The van der Waals surface area contributed by atoms with Gasteiger partial charge < -0.3 is 0 Å². The summed E-state index contributed by atoms with van der Waals surface area (Å²) in [5.74, 6) is 1.57. The van der Waals surface area contributed by atoms with Crippen molar-refractivity contribution in [2.45, 2.75) is 70.6 Å². The van der Waals surface area contributed by atoms with E-state index in [-0.39, 0.29) is 5.82 Å². The smallest absolute Gasteiger partial charge is 0.149 e. The van der Waals surface area contributed by atoms with Gasteiger partial charge in [-0.15, -0.1) is 6.58 Å². The highest BCUT2D eigenvalue weighted by atomic mass is 35.5. The summed E-state index contributed by atoms with van der Waals surface area (Å²) in [6.07, 6.45) is 14.5. The molecule has 1 atom stereocenters. The predicted octanol–water partition coefficient (Wildman–Crippen LogP) is 7.92. The highest BCUT2D eigenvalue weighted by Gasteiger charge is 2.25. The molecule has 1 fully saturated rings. The normalized spacial score (nSPS) is 27.0. The van der Waals surface area contributed by atoms with E-state index >= 15 is 4.39 Å². The lowest BCUT2D eigenvalue weighted by atomic mass is 9.78. The first-order chi connectivity index (χ1) is 12.1. The van der Waals surface area contributed by atoms with E-state index in [1.54, 1.807) is 0 Å². The minimum absolute atomic E-state index is 0.204. The molecule has 0 bridgehead atoms. The van der Waals surface area contributed by atoms with Crippen LogP contribution in [0.2, 0.25) is 5.02 Å². The fourth-order valence-electron chi connectivity index (χ4n) is 4.60. The van der Waals surface area contributed by atoms with Crippen LogP contribution in [0.15, 0.2) is 30.9 Å². The summed E-state index contributed by atoms with van der Waals surface area (Å²) in [7, 11) is 0. The fourth-order valence-corrected chi connectivity index (χ4v) is 4.92. The van der Waals surface area contributed by atoms with Crippen LogP contribution in [-0.4, -0.2) is 0 Å². The number of hydrogen-bond donors (Lipinski definition) is 0. The molecule has 0 amide bonds. The first kappa shape index (κ1) is 18.7. The summed E-state index contributed by atoms with van der Waals surface area (Å²) in [4.78, 5) is 0. The van der Waals surface area contributed by atoms with Gasteiger partial charge >= 0.3 is 0 Å². The van der Waals surface area contributed by atoms with Crippen LogP contribution >= 0.6 is 11.6 Å². The Balaban J connectivity index is 1.76. The zero-order valence-corrected chi connectivity index (χ0v) is 16.1. The third-order valence-electron chi connectivity index (χ3n) is 6.22. The van der Waals surface area contributed by atoms with Gasteiger partial charge in [-0.25, -0.2) is 4.39 Å². The first-order valence-corrected chi connectivity index (χ1v) is 10.3. The van der Waals surface area contributed by atoms with Crippen molar-refractivity contribution in [3.05, 3.63) is 52.8 Å². The quantitative estimate of drug-likeness (QED) is 0.467. The topological polar surface area (TPSA) is 0 Å². The summed E-state index contributed by atoms with van der Waals surface area (Å²) in [6.45, 7) is 6.14. The van der Waals surface area contributed by atoms with E-state index in [9.17, 15) is 0 Å². The van der Waals surface area contributed by atoms with Crippen molar-refractivity contribution < 1.29 is 4.39 Å². The van der Waals surface area contributed by atoms with Crippen LogP contribution in [0.4, 0.5) is 4.39 Å². The van der Waals surface area contributed by atoms with Crippen molar-refractivity contribution in [1.29, 1.82) is 0 Å². The van der Waals surface area contributed by atoms with Gasteiger partial charge in [0, 0.05) is 5.56 Å². The van der Waals surface area contributed by atoms with E-state index in [0.717, 1.165) is 61.1 Å². The van der Waals surface area contributed by atoms with E-state index in [0.29, 0.717) is 16.9 Å². The molecular weight excluding hydrogens is 331 g/mol. The Kier molecular flexibility index (Phi) is 6.39. The molecule has 2 aliphatic rings. The van der Waals surface area contributed by atoms with Gasteiger partial charge in [-0.2, -0.15) is 0 Å². The van der Waals surface area contributed by atoms with Crippen LogP contribution in [-0.2, 0) is 0 Å². The van der Waals surface area contributed by atoms with E-state index in [4.69, 9.17) is 11.6 Å².